The molecule has 1 aliphatic heterocycles. The number of unbranched alkanes of at least 4 members (excludes halogenated alkanes) is 1. The number of nitrogens with zero attached hydrogens (tertiary/aromatic N) is 1. The van der Waals surface area contributed by atoms with E-state index >= 15 is 0 Å². The van der Waals surface area contributed by atoms with Crippen molar-refractivity contribution in [1.82, 2.24) is 4.90 Å². The van der Waals surface area contributed by atoms with E-state index in [4.69, 9.17) is 4.74 Å². The van der Waals surface area contributed by atoms with Crippen molar-refractivity contribution >= 4 is 11.9 Å². The zero-order valence-electron chi connectivity index (χ0n) is 12.2. The van der Waals surface area contributed by atoms with E-state index in [1.807, 2.05) is 24.3 Å². The highest BCUT2D eigenvalue weighted by molar-refractivity contribution is 5.82. The van der Waals surface area contributed by atoms with E-state index in [2.05, 4.69) is 6.92 Å². The summed E-state index contributed by atoms with van der Waals surface area (Å²) in [5.41, 5.74) is 1.71. The molecule has 21 heavy (non-hydrogen) atoms. The lowest BCUT2D eigenvalue weighted by Gasteiger charge is -2.32. The fourth-order valence-electron chi connectivity index (χ4n) is 2.51. The lowest BCUT2D eigenvalue weighted by atomic mass is 9.90. The van der Waals surface area contributed by atoms with E-state index in [9.17, 15) is 14.7 Å². The molecule has 0 fully saturated rings. The quantitative estimate of drug-likeness (QED) is 0.814. The lowest BCUT2D eigenvalue weighted by Crippen LogP contribution is -2.42. The van der Waals surface area contributed by atoms with Gasteiger partial charge in [0.2, 0.25) is 5.91 Å². The first-order valence-corrected chi connectivity index (χ1v) is 7.29. The minimum atomic E-state index is -0.896. The number of carboxylic acid groups (broad SMARTS) is 1. The first-order valence-electron chi connectivity index (χ1n) is 7.29. The Kier molecular flexibility index (Phi) is 5.33. The summed E-state index contributed by atoms with van der Waals surface area (Å²) in [7, 11) is 0. The second-order valence-electron chi connectivity index (χ2n) is 5.27. The first kappa shape index (κ1) is 15.5. The number of amides is 1. The first-order chi connectivity index (χ1) is 10.1. The van der Waals surface area contributed by atoms with Gasteiger partial charge in [-0.3, -0.25) is 9.59 Å². The molecular formula is C16H21NO4. The van der Waals surface area contributed by atoms with Gasteiger partial charge in [0.05, 0.1) is 5.92 Å². The summed E-state index contributed by atoms with van der Waals surface area (Å²) in [6, 6.07) is 7.40. The van der Waals surface area contributed by atoms with Crippen molar-refractivity contribution in [2.75, 3.05) is 19.8 Å². The van der Waals surface area contributed by atoms with Crippen molar-refractivity contribution < 1.29 is 19.4 Å². The van der Waals surface area contributed by atoms with Crippen molar-refractivity contribution in [2.45, 2.75) is 32.2 Å². The molecule has 114 valence electrons. The van der Waals surface area contributed by atoms with Gasteiger partial charge >= 0.3 is 5.97 Å². The molecule has 5 nitrogen and oxygen atoms in total. The standard InChI is InChI=1S/C16H21NO4/c1-2-3-8-21-11-15(18)17-9-12-6-4-5-7-13(12)14(10-17)16(19)20/h4-7,14H,2-3,8-11H2,1H3,(H,19,20). The molecule has 1 unspecified atom stereocenters. The molecule has 1 aliphatic rings. The fraction of sp³-hybridized carbons (Fsp3) is 0.500. The minimum Gasteiger partial charge on any atom is -0.481 e. The van der Waals surface area contributed by atoms with Crippen LogP contribution in [0.2, 0.25) is 0 Å². The maximum absolute atomic E-state index is 12.1. The average molecular weight is 291 g/mol. The number of hydrogen-bond donors (Lipinski definition) is 1. The maximum atomic E-state index is 12.1. The number of aliphatic carboxylic acids is 1. The number of hydrogen-bond acceptors (Lipinski definition) is 3. The van der Waals surface area contributed by atoms with Crippen LogP contribution in [-0.4, -0.2) is 41.6 Å². The zero-order chi connectivity index (χ0) is 15.2. The molecule has 2 rings (SSSR count). The third-order valence-corrected chi connectivity index (χ3v) is 3.71. The Labute approximate surface area is 124 Å². The normalized spacial score (nSPS) is 17.4. The molecule has 0 radical (unpaired) electrons. The van der Waals surface area contributed by atoms with Gasteiger partial charge in [-0.1, -0.05) is 37.6 Å². The van der Waals surface area contributed by atoms with Crippen LogP contribution in [0.1, 0.15) is 36.8 Å². The molecule has 0 saturated heterocycles. The molecule has 1 atom stereocenters. The fourth-order valence-corrected chi connectivity index (χ4v) is 2.51. The van der Waals surface area contributed by atoms with Gasteiger partial charge < -0.3 is 14.7 Å². The number of rotatable bonds is 6. The number of benzene rings is 1. The number of fused-ring (bicyclic) bond motifs is 1. The Morgan fingerprint density at radius 3 is 2.86 bits per heavy atom. The predicted molar refractivity (Wildman–Crippen MR) is 78.0 cm³/mol. The third-order valence-electron chi connectivity index (χ3n) is 3.71. The van der Waals surface area contributed by atoms with Crippen LogP contribution in [0.25, 0.3) is 0 Å². The van der Waals surface area contributed by atoms with Crippen molar-refractivity contribution in [3.63, 3.8) is 0 Å². The third kappa shape index (κ3) is 3.82. The number of ether oxygens (including phenoxy) is 1. The van der Waals surface area contributed by atoms with Crippen LogP contribution in [0.4, 0.5) is 0 Å². The van der Waals surface area contributed by atoms with Gasteiger partial charge in [0.25, 0.3) is 0 Å². The Hall–Kier alpha value is -1.88. The molecule has 5 heteroatoms. The van der Waals surface area contributed by atoms with Crippen LogP contribution < -0.4 is 0 Å². The monoisotopic (exact) mass is 291 g/mol. The second-order valence-corrected chi connectivity index (χ2v) is 5.27. The van der Waals surface area contributed by atoms with Crippen LogP contribution in [0.3, 0.4) is 0 Å². The lowest BCUT2D eigenvalue weighted by molar-refractivity contribution is -0.143. The largest absolute Gasteiger partial charge is 0.481 e. The smallest absolute Gasteiger partial charge is 0.312 e. The summed E-state index contributed by atoms with van der Waals surface area (Å²) >= 11 is 0. The summed E-state index contributed by atoms with van der Waals surface area (Å²) in [5.74, 6) is -1.70. The van der Waals surface area contributed by atoms with Crippen molar-refractivity contribution in [2.24, 2.45) is 0 Å². The van der Waals surface area contributed by atoms with Crippen LogP contribution in [0.5, 0.6) is 0 Å². The minimum absolute atomic E-state index is 0.0223. The van der Waals surface area contributed by atoms with Crippen LogP contribution >= 0.6 is 0 Å². The van der Waals surface area contributed by atoms with E-state index in [0.29, 0.717) is 13.2 Å². The molecule has 0 bridgehead atoms. The highest BCUT2D eigenvalue weighted by Crippen LogP contribution is 2.28. The van der Waals surface area contributed by atoms with Crippen molar-refractivity contribution in [3.05, 3.63) is 35.4 Å². The Bertz CT molecular complexity index is 515. The van der Waals surface area contributed by atoms with Crippen molar-refractivity contribution in [1.29, 1.82) is 0 Å². The Balaban J connectivity index is 2.03. The summed E-state index contributed by atoms with van der Waals surface area (Å²) in [4.78, 5) is 25.1. The summed E-state index contributed by atoms with van der Waals surface area (Å²) in [5, 5.41) is 9.36. The van der Waals surface area contributed by atoms with Crippen LogP contribution in [0.15, 0.2) is 24.3 Å². The average Bonchev–Trinajstić information content (AvgIpc) is 2.50. The molecule has 1 aromatic rings. The van der Waals surface area contributed by atoms with E-state index in [1.54, 1.807) is 4.90 Å². The highest BCUT2D eigenvalue weighted by atomic mass is 16.5. The molecule has 1 N–H and O–H groups in total. The molecule has 1 heterocycles. The molecule has 0 aliphatic carbocycles. The maximum Gasteiger partial charge on any atom is 0.312 e. The van der Waals surface area contributed by atoms with E-state index in [1.165, 1.54) is 0 Å². The topological polar surface area (TPSA) is 66.8 Å². The molecule has 0 spiro atoms. The van der Waals surface area contributed by atoms with Gasteiger partial charge in [0, 0.05) is 19.7 Å². The SMILES string of the molecule is CCCCOCC(=O)N1Cc2ccccc2C(C(=O)O)C1. The second kappa shape index (κ2) is 7.22. The van der Waals surface area contributed by atoms with E-state index in [0.717, 1.165) is 24.0 Å². The molecule has 0 saturated carbocycles. The van der Waals surface area contributed by atoms with Gasteiger partial charge in [0.15, 0.2) is 0 Å². The number of carbonyl (C=O) groups is 2. The Morgan fingerprint density at radius 1 is 1.38 bits per heavy atom. The molecule has 0 aromatic heterocycles. The van der Waals surface area contributed by atoms with Gasteiger partial charge in [-0.25, -0.2) is 0 Å². The predicted octanol–water partition coefficient (Wildman–Crippen LogP) is 2.01. The zero-order valence-corrected chi connectivity index (χ0v) is 12.2. The van der Waals surface area contributed by atoms with Gasteiger partial charge in [-0.15, -0.1) is 0 Å². The van der Waals surface area contributed by atoms with Gasteiger partial charge in [0.1, 0.15) is 6.61 Å². The number of carboxylic acids is 1. The summed E-state index contributed by atoms with van der Waals surface area (Å²) in [6.45, 7) is 3.31. The van der Waals surface area contributed by atoms with Gasteiger partial charge in [-0.2, -0.15) is 0 Å². The summed E-state index contributed by atoms with van der Waals surface area (Å²) in [6.07, 6.45) is 1.94. The van der Waals surface area contributed by atoms with Crippen LogP contribution in [-0.2, 0) is 20.9 Å². The van der Waals surface area contributed by atoms with E-state index < -0.39 is 11.9 Å². The number of carbonyl (C=O) groups excluding carboxylic acids is 1. The Morgan fingerprint density at radius 2 is 2.14 bits per heavy atom. The molecule has 1 amide bonds. The summed E-state index contributed by atoms with van der Waals surface area (Å²) < 4.78 is 5.33. The van der Waals surface area contributed by atoms with Crippen LogP contribution in [0, 0.1) is 0 Å². The van der Waals surface area contributed by atoms with Gasteiger partial charge in [-0.05, 0) is 17.5 Å². The molecular weight excluding hydrogens is 270 g/mol. The van der Waals surface area contributed by atoms with Crippen molar-refractivity contribution in [3.8, 4) is 0 Å². The molecule has 1 aromatic carbocycles. The highest BCUT2D eigenvalue weighted by Gasteiger charge is 2.32. The van der Waals surface area contributed by atoms with E-state index in [-0.39, 0.29) is 19.1 Å².